The number of aromatic nitrogens is 2. The van der Waals surface area contributed by atoms with Gasteiger partial charge in [-0.15, -0.1) is 0 Å². The Morgan fingerprint density at radius 2 is 2.00 bits per heavy atom. The molecule has 0 bridgehead atoms. The first-order valence-electron chi connectivity index (χ1n) is 9.60. The molecule has 0 fully saturated rings. The van der Waals surface area contributed by atoms with Crippen molar-refractivity contribution in [3.63, 3.8) is 0 Å². The smallest absolute Gasteiger partial charge is 0.315 e. The Labute approximate surface area is 179 Å². The Kier molecular flexibility index (Phi) is 6.80. The number of rotatable bonds is 6. The van der Waals surface area contributed by atoms with Gasteiger partial charge in [-0.1, -0.05) is 42.4 Å². The number of hydrogen-bond donors (Lipinski definition) is 1. The molecule has 1 aromatic carbocycles. The van der Waals surface area contributed by atoms with Gasteiger partial charge in [-0.2, -0.15) is 0 Å². The number of benzene rings is 1. The monoisotopic (exact) mass is 433 g/mol. The van der Waals surface area contributed by atoms with Gasteiger partial charge >= 0.3 is 5.97 Å². The predicted molar refractivity (Wildman–Crippen MR) is 117 cm³/mol. The molecule has 1 aromatic heterocycles. The van der Waals surface area contributed by atoms with E-state index >= 15 is 0 Å². The summed E-state index contributed by atoms with van der Waals surface area (Å²) in [7, 11) is 0. The lowest BCUT2D eigenvalue weighted by Crippen LogP contribution is -2.37. The second-order valence-corrected chi connectivity index (χ2v) is 8.72. The van der Waals surface area contributed by atoms with Gasteiger partial charge in [0.25, 0.3) is 5.56 Å². The summed E-state index contributed by atoms with van der Waals surface area (Å²) in [5, 5.41) is 1.11. The van der Waals surface area contributed by atoms with E-state index in [4.69, 9.17) is 16.3 Å². The largest absolute Gasteiger partial charge is 0.462 e. The van der Waals surface area contributed by atoms with Gasteiger partial charge in [-0.05, 0) is 44.9 Å². The highest BCUT2D eigenvalue weighted by Gasteiger charge is 2.41. The molecular weight excluding hydrogens is 410 g/mol. The molecule has 2 heterocycles. The number of carbonyl (C=O) groups is 1. The fourth-order valence-corrected chi connectivity index (χ4v) is 4.21. The minimum absolute atomic E-state index is 0.271. The number of hydrogen-bond acceptors (Lipinski definition) is 6. The van der Waals surface area contributed by atoms with Gasteiger partial charge in [0, 0.05) is 22.4 Å². The number of carbonyl (C=O) groups excluding carboxylic acids is 1. The van der Waals surface area contributed by atoms with Crippen molar-refractivity contribution < 1.29 is 9.53 Å². The van der Waals surface area contributed by atoms with Crippen LogP contribution in [-0.4, -0.2) is 33.5 Å². The Bertz CT molecular complexity index is 986. The Hall–Kier alpha value is -2.12. The molecule has 154 valence electrons. The van der Waals surface area contributed by atoms with Gasteiger partial charge in [0.15, 0.2) is 11.0 Å². The number of ether oxygens (including phenoxy) is 1. The lowest BCUT2D eigenvalue weighted by atomic mass is 9.77. The number of thioether (sulfide) groups is 1. The van der Waals surface area contributed by atoms with Gasteiger partial charge in [0.2, 0.25) is 0 Å². The van der Waals surface area contributed by atoms with Crippen molar-refractivity contribution >= 4 is 40.9 Å². The highest BCUT2D eigenvalue weighted by Crippen LogP contribution is 2.41. The van der Waals surface area contributed by atoms with Gasteiger partial charge in [0.05, 0.1) is 11.7 Å². The van der Waals surface area contributed by atoms with Crippen LogP contribution in [0.4, 0.5) is 5.82 Å². The number of aromatic amines is 1. The first-order valence-corrected chi connectivity index (χ1v) is 11.0. The molecule has 1 N–H and O–H groups in total. The van der Waals surface area contributed by atoms with Crippen molar-refractivity contribution in [2.24, 2.45) is 10.9 Å². The van der Waals surface area contributed by atoms with Crippen LogP contribution >= 0.6 is 23.4 Å². The van der Waals surface area contributed by atoms with Crippen molar-refractivity contribution in [2.75, 3.05) is 5.75 Å². The lowest BCUT2D eigenvalue weighted by Gasteiger charge is -2.30. The van der Waals surface area contributed by atoms with Gasteiger partial charge in [-0.25, -0.2) is 9.98 Å². The topological polar surface area (TPSA) is 84.4 Å². The zero-order valence-corrected chi connectivity index (χ0v) is 18.4. The summed E-state index contributed by atoms with van der Waals surface area (Å²) in [6.45, 7) is 7.43. The van der Waals surface area contributed by atoms with Gasteiger partial charge < -0.3 is 9.72 Å². The maximum Gasteiger partial charge on any atom is 0.315 e. The van der Waals surface area contributed by atoms with E-state index in [1.165, 1.54) is 11.8 Å². The summed E-state index contributed by atoms with van der Waals surface area (Å²) in [5.74, 6) is -0.460. The zero-order valence-electron chi connectivity index (χ0n) is 16.9. The number of nitrogens with one attached hydrogen (secondary N) is 1. The maximum atomic E-state index is 13.0. The fraction of sp³-hybridized carbons (Fsp3) is 0.429. The molecule has 3 rings (SSSR count). The fourth-order valence-electron chi connectivity index (χ4n) is 3.37. The highest BCUT2D eigenvalue weighted by molar-refractivity contribution is 7.99. The SMILES string of the molecule is CCCSc1nc2c(c(=O)[nH]1)C(c1ccc(Cl)cc1)C(C(=O)OC(C)C)C(C)=N2. The average molecular weight is 434 g/mol. The van der Waals surface area contributed by atoms with Gasteiger partial charge in [-0.3, -0.25) is 9.59 Å². The molecule has 0 saturated heterocycles. The number of nitrogens with zero attached hydrogens (tertiary/aromatic N) is 2. The van der Waals surface area contributed by atoms with E-state index in [0.717, 1.165) is 17.7 Å². The third kappa shape index (κ3) is 4.73. The summed E-state index contributed by atoms with van der Waals surface area (Å²) < 4.78 is 5.48. The van der Waals surface area contributed by atoms with Crippen molar-refractivity contribution in [2.45, 2.75) is 51.3 Å². The Morgan fingerprint density at radius 1 is 1.31 bits per heavy atom. The molecule has 2 atom stereocenters. The van der Waals surface area contributed by atoms with Crippen LogP contribution in [0.5, 0.6) is 0 Å². The molecule has 1 aliphatic rings. The minimum atomic E-state index is -0.705. The van der Waals surface area contributed by atoms with Crippen LogP contribution in [-0.2, 0) is 9.53 Å². The number of esters is 1. The molecule has 0 saturated carbocycles. The van der Waals surface area contributed by atoms with Crippen LogP contribution < -0.4 is 5.56 Å². The van der Waals surface area contributed by atoms with Crippen LogP contribution in [0.3, 0.4) is 0 Å². The minimum Gasteiger partial charge on any atom is -0.462 e. The normalized spacial score (nSPS) is 18.3. The molecule has 0 radical (unpaired) electrons. The van der Waals surface area contributed by atoms with E-state index in [1.54, 1.807) is 32.9 Å². The van der Waals surface area contributed by atoms with Crippen molar-refractivity contribution in [3.05, 3.63) is 50.8 Å². The molecule has 2 unspecified atom stereocenters. The molecule has 8 heteroatoms. The molecule has 0 amide bonds. The first-order chi connectivity index (χ1) is 13.8. The third-order valence-corrected chi connectivity index (χ3v) is 5.90. The summed E-state index contributed by atoms with van der Waals surface area (Å²) >= 11 is 7.53. The van der Waals surface area contributed by atoms with E-state index in [-0.39, 0.29) is 11.7 Å². The van der Waals surface area contributed by atoms with Crippen molar-refractivity contribution in [1.29, 1.82) is 0 Å². The Morgan fingerprint density at radius 3 is 2.62 bits per heavy atom. The number of fused-ring (bicyclic) bond motifs is 1. The molecule has 0 aliphatic carbocycles. The Balaban J connectivity index is 2.16. The van der Waals surface area contributed by atoms with Gasteiger partial charge in [0.1, 0.15) is 5.92 Å². The van der Waals surface area contributed by atoms with Crippen LogP contribution in [0.25, 0.3) is 0 Å². The quantitative estimate of drug-likeness (QED) is 0.404. The van der Waals surface area contributed by atoms with E-state index in [1.807, 2.05) is 12.1 Å². The summed E-state index contributed by atoms with van der Waals surface area (Å²) in [6, 6.07) is 7.14. The van der Waals surface area contributed by atoms with E-state index in [2.05, 4.69) is 21.9 Å². The molecule has 6 nitrogen and oxygen atoms in total. The maximum absolute atomic E-state index is 13.0. The lowest BCUT2D eigenvalue weighted by molar-refractivity contribution is -0.150. The van der Waals surface area contributed by atoms with Crippen LogP contribution in [0, 0.1) is 5.92 Å². The number of halogens is 1. The van der Waals surface area contributed by atoms with Crippen LogP contribution in [0.15, 0.2) is 39.2 Å². The number of H-pyrrole nitrogens is 1. The first kappa shape index (κ1) is 21.6. The van der Waals surface area contributed by atoms with E-state index in [0.29, 0.717) is 27.3 Å². The van der Waals surface area contributed by atoms with E-state index < -0.39 is 17.8 Å². The summed E-state index contributed by atoms with van der Waals surface area (Å²) in [5.41, 5.74) is 1.46. The third-order valence-electron chi connectivity index (χ3n) is 4.57. The second-order valence-electron chi connectivity index (χ2n) is 7.20. The van der Waals surface area contributed by atoms with Crippen molar-refractivity contribution in [3.8, 4) is 0 Å². The standard InChI is InChI=1S/C21H24ClN3O3S/c1-5-10-29-21-24-18-17(19(26)25-21)16(13-6-8-14(22)9-7-13)15(12(4)23-18)20(27)28-11(2)3/h6-9,11,15-16H,5,10H2,1-4H3,(H,24,25,26). The molecule has 2 aromatic rings. The predicted octanol–water partition coefficient (Wildman–Crippen LogP) is 4.73. The van der Waals surface area contributed by atoms with E-state index in [9.17, 15) is 9.59 Å². The second kappa shape index (κ2) is 9.13. The van der Waals surface area contributed by atoms with Crippen molar-refractivity contribution in [1.82, 2.24) is 9.97 Å². The molecule has 0 spiro atoms. The molecule has 29 heavy (non-hydrogen) atoms. The highest BCUT2D eigenvalue weighted by atomic mass is 35.5. The zero-order chi connectivity index (χ0) is 21.1. The molecular formula is C21H24ClN3O3S. The summed E-state index contributed by atoms with van der Waals surface area (Å²) in [4.78, 5) is 37.9. The molecule has 1 aliphatic heterocycles. The number of aliphatic imine (C=N–C) groups is 1. The average Bonchev–Trinajstić information content (AvgIpc) is 2.65. The van der Waals surface area contributed by atoms with Crippen LogP contribution in [0.2, 0.25) is 5.02 Å². The summed E-state index contributed by atoms with van der Waals surface area (Å²) in [6.07, 6.45) is 0.691. The van der Waals surface area contributed by atoms with Crippen LogP contribution in [0.1, 0.15) is 51.2 Å².